The van der Waals surface area contributed by atoms with Crippen LogP contribution in [0.15, 0.2) is 46.8 Å². The van der Waals surface area contributed by atoms with Crippen LogP contribution in [0.4, 0.5) is 5.69 Å². The van der Waals surface area contributed by atoms with Crippen molar-refractivity contribution >= 4 is 17.6 Å². The molecule has 2 rings (SSSR count). The van der Waals surface area contributed by atoms with Crippen LogP contribution in [0, 0.1) is 16.0 Å². The zero-order chi connectivity index (χ0) is 22.4. The molecule has 162 valence electrons. The number of esters is 2. The van der Waals surface area contributed by atoms with E-state index >= 15 is 0 Å². The molecule has 0 aliphatic carbocycles. The van der Waals surface area contributed by atoms with E-state index in [0.717, 1.165) is 12.8 Å². The predicted molar refractivity (Wildman–Crippen MR) is 111 cm³/mol. The molecule has 1 N–H and O–H groups in total. The number of dihydropyridines is 1. The van der Waals surface area contributed by atoms with E-state index in [9.17, 15) is 19.7 Å². The van der Waals surface area contributed by atoms with E-state index in [4.69, 9.17) is 9.47 Å². The predicted octanol–water partition coefficient (Wildman–Crippen LogP) is 3.98. The van der Waals surface area contributed by atoms with Crippen LogP contribution >= 0.6 is 0 Å². The van der Waals surface area contributed by atoms with Gasteiger partial charge in [0.15, 0.2) is 0 Å². The third-order valence-corrected chi connectivity index (χ3v) is 4.96. The lowest BCUT2D eigenvalue weighted by atomic mass is 9.80. The highest BCUT2D eigenvalue weighted by Gasteiger charge is 2.38. The molecule has 1 aromatic rings. The van der Waals surface area contributed by atoms with Gasteiger partial charge in [0.05, 0.1) is 35.7 Å². The summed E-state index contributed by atoms with van der Waals surface area (Å²) in [6.07, 6.45) is 1.65. The molecule has 0 fully saturated rings. The summed E-state index contributed by atoms with van der Waals surface area (Å²) in [5.74, 6) is -1.52. The molecule has 8 nitrogen and oxygen atoms in total. The summed E-state index contributed by atoms with van der Waals surface area (Å²) in [4.78, 5) is 36.3. The highest BCUT2D eigenvalue weighted by Crippen LogP contribution is 2.40. The van der Waals surface area contributed by atoms with Crippen molar-refractivity contribution in [1.82, 2.24) is 5.32 Å². The Morgan fingerprint density at radius 2 is 1.80 bits per heavy atom. The normalized spacial score (nSPS) is 16.4. The summed E-state index contributed by atoms with van der Waals surface area (Å²) in [5, 5.41) is 14.3. The lowest BCUT2D eigenvalue weighted by Crippen LogP contribution is -2.32. The molecule has 1 aliphatic rings. The Kier molecular flexibility index (Phi) is 7.74. The van der Waals surface area contributed by atoms with Gasteiger partial charge in [-0.25, -0.2) is 9.59 Å². The maximum absolute atomic E-state index is 13.0. The fourth-order valence-electron chi connectivity index (χ4n) is 3.53. The van der Waals surface area contributed by atoms with Gasteiger partial charge in [0.2, 0.25) is 0 Å². The van der Waals surface area contributed by atoms with Crippen LogP contribution in [0.1, 0.15) is 52.0 Å². The van der Waals surface area contributed by atoms with Gasteiger partial charge in [0.1, 0.15) is 0 Å². The Bertz CT molecular complexity index is 901. The maximum atomic E-state index is 13.0. The first-order chi connectivity index (χ1) is 14.2. The molecular weight excluding hydrogens is 388 g/mol. The van der Waals surface area contributed by atoms with Crippen molar-refractivity contribution in [2.75, 3.05) is 13.7 Å². The molecule has 1 atom stereocenters. The van der Waals surface area contributed by atoms with Crippen LogP contribution in [0.3, 0.4) is 0 Å². The highest BCUT2D eigenvalue weighted by molar-refractivity contribution is 5.99. The van der Waals surface area contributed by atoms with Crippen molar-refractivity contribution in [3.8, 4) is 0 Å². The van der Waals surface area contributed by atoms with Crippen molar-refractivity contribution in [3.05, 3.63) is 62.5 Å². The molecule has 1 unspecified atom stereocenters. The Balaban J connectivity index is 2.48. The van der Waals surface area contributed by atoms with E-state index in [0.29, 0.717) is 22.9 Å². The number of benzene rings is 1. The number of methoxy groups -OCH3 is 1. The Morgan fingerprint density at radius 3 is 2.37 bits per heavy atom. The smallest absolute Gasteiger partial charge is 0.336 e. The van der Waals surface area contributed by atoms with Crippen LogP contribution in [0.5, 0.6) is 0 Å². The highest BCUT2D eigenvalue weighted by atomic mass is 16.6. The minimum Gasteiger partial charge on any atom is -0.466 e. The number of hydrogen-bond acceptors (Lipinski definition) is 7. The van der Waals surface area contributed by atoms with Gasteiger partial charge in [-0.3, -0.25) is 10.1 Å². The van der Waals surface area contributed by atoms with Crippen LogP contribution in [-0.4, -0.2) is 30.6 Å². The van der Waals surface area contributed by atoms with Gasteiger partial charge < -0.3 is 14.8 Å². The van der Waals surface area contributed by atoms with Gasteiger partial charge in [-0.05, 0) is 38.2 Å². The lowest BCUT2D eigenvalue weighted by Gasteiger charge is -2.30. The standard InChI is InChI=1S/C22H28N2O6/c1-13(2)8-7-11-30-22(26)19-15(4)23-14(3)18(21(25)29-5)20(19)16-9-6-10-17(12-16)24(27)28/h6,9-10,12-13,20,23H,7-8,11H2,1-5H3. The molecule has 0 saturated heterocycles. The number of nitro benzene ring substituents is 1. The first-order valence-corrected chi connectivity index (χ1v) is 9.85. The average Bonchev–Trinajstić information content (AvgIpc) is 2.69. The topological polar surface area (TPSA) is 108 Å². The summed E-state index contributed by atoms with van der Waals surface area (Å²) >= 11 is 0. The summed E-state index contributed by atoms with van der Waals surface area (Å²) in [6.45, 7) is 7.85. The van der Waals surface area contributed by atoms with Crippen LogP contribution in [0.2, 0.25) is 0 Å². The molecule has 0 amide bonds. The van der Waals surface area contributed by atoms with Gasteiger partial charge in [0, 0.05) is 23.5 Å². The fraction of sp³-hybridized carbons (Fsp3) is 0.455. The minimum atomic E-state index is -0.837. The summed E-state index contributed by atoms with van der Waals surface area (Å²) in [6, 6.07) is 5.91. The average molecular weight is 416 g/mol. The SMILES string of the molecule is COC(=O)C1=C(C)NC(C)=C(C(=O)OCCCC(C)C)C1c1cccc([N+](=O)[O-])c1. The number of nitrogens with one attached hydrogen (secondary N) is 1. The molecule has 8 heteroatoms. The van der Waals surface area contributed by atoms with E-state index in [1.807, 2.05) is 0 Å². The van der Waals surface area contributed by atoms with Crippen molar-refractivity contribution in [3.63, 3.8) is 0 Å². The number of nitrogens with zero attached hydrogens (tertiary/aromatic N) is 1. The van der Waals surface area contributed by atoms with Gasteiger partial charge >= 0.3 is 11.9 Å². The number of rotatable bonds is 8. The van der Waals surface area contributed by atoms with Crippen molar-refractivity contribution in [2.45, 2.75) is 46.5 Å². The number of ether oxygens (including phenoxy) is 2. The third kappa shape index (κ3) is 5.25. The zero-order valence-electron chi connectivity index (χ0n) is 18.0. The third-order valence-electron chi connectivity index (χ3n) is 4.96. The Morgan fingerprint density at radius 1 is 1.17 bits per heavy atom. The second-order valence-electron chi connectivity index (χ2n) is 7.65. The van der Waals surface area contributed by atoms with Crippen LogP contribution < -0.4 is 5.32 Å². The molecule has 1 aromatic carbocycles. The monoisotopic (exact) mass is 416 g/mol. The van der Waals surface area contributed by atoms with Gasteiger partial charge in [-0.2, -0.15) is 0 Å². The van der Waals surface area contributed by atoms with E-state index in [-0.39, 0.29) is 23.4 Å². The van der Waals surface area contributed by atoms with E-state index in [1.165, 1.54) is 25.3 Å². The summed E-state index contributed by atoms with van der Waals surface area (Å²) < 4.78 is 10.4. The molecule has 0 saturated carbocycles. The molecule has 1 aliphatic heterocycles. The first-order valence-electron chi connectivity index (χ1n) is 9.85. The summed E-state index contributed by atoms with van der Waals surface area (Å²) in [5.41, 5.74) is 1.83. The number of allylic oxidation sites excluding steroid dienone is 2. The Labute approximate surface area is 176 Å². The molecule has 1 heterocycles. The van der Waals surface area contributed by atoms with Gasteiger partial charge in [-0.15, -0.1) is 0 Å². The van der Waals surface area contributed by atoms with E-state index in [2.05, 4.69) is 19.2 Å². The van der Waals surface area contributed by atoms with Crippen LogP contribution in [-0.2, 0) is 19.1 Å². The van der Waals surface area contributed by atoms with Crippen molar-refractivity contribution < 1.29 is 24.0 Å². The zero-order valence-corrected chi connectivity index (χ0v) is 18.0. The van der Waals surface area contributed by atoms with Crippen molar-refractivity contribution in [1.29, 1.82) is 0 Å². The summed E-state index contributed by atoms with van der Waals surface area (Å²) in [7, 11) is 1.25. The maximum Gasteiger partial charge on any atom is 0.336 e. The molecule has 0 radical (unpaired) electrons. The number of carbonyl (C=O) groups is 2. The number of hydrogen-bond donors (Lipinski definition) is 1. The first kappa shape index (κ1) is 23.1. The lowest BCUT2D eigenvalue weighted by molar-refractivity contribution is -0.384. The molecule has 0 spiro atoms. The fourth-order valence-corrected chi connectivity index (χ4v) is 3.53. The van der Waals surface area contributed by atoms with Crippen molar-refractivity contribution in [2.24, 2.45) is 5.92 Å². The largest absolute Gasteiger partial charge is 0.466 e. The molecule has 30 heavy (non-hydrogen) atoms. The van der Waals surface area contributed by atoms with E-state index in [1.54, 1.807) is 19.9 Å². The Hall–Kier alpha value is -3.16. The number of carbonyl (C=O) groups excluding carboxylic acids is 2. The molecule has 0 bridgehead atoms. The van der Waals surface area contributed by atoms with E-state index < -0.39 is 22.8 Å². The minimum absolute atomic E-state index is 0.129. The van der Waals surface area contributed by atoms with Gasteiger partial charge in [0.25, 0.3) is 5.69 Å². The quantitative estimate of drug-likeness (QED) is 0.295. The van der Waals surface area contributed by atoms with Gasteiger partial charge in [-0.1, -0.05) is 26.0 Å². The molecular formula is C22H28N2O6. The van der Waals surface area contributed by atoms with Crippen LogP contribution in [0.25, 0.3) is 0 Å². The number of nitro groups is 1. The molecule has 0 aromatic heterocycles. The second-order valence-corrected chi connectivity index (χ2v) is 7.65. The number of non-ortho nitro benzene ring substituents is 1. The second kappa shape index (κ2) is 10.0.